The fraction of sp³-hybridized carbons (Fsp3) is 0.417. The molecule has 198 valence electrons. The highest BCUT2D eigenvalue weighted by Gasteiger charge is 2.38. The van der Waals surface area contributed by atoms with Crippen LogP contribution in [0.25, 0.3) is 5.52 Å². The van der Waals surface area contributed by atoms with Crippen molar-refractivity contribution in [3.05, 3.63) is 59.4 Å². The van der Waals surface area contributed by atoms with Gasteiger partial charge < -0.3 is 9.64 Å². The summed E-state index contributed by atoms with van der Waals surface area (Å²) in [5.41, 5.74) is -0.184. The summed E-state index contributed by atoms with van der Waals surface area (Å²) in [6.07, 6.45) is 2.89. The van der Waals surface area contributed by atoms with Crippen molar-refractivity contribution < 1.29 is 31.1 Å². The third kappa shape index (κ3) is 4.85. The lowest BCUT2D eigenvalue weighted by atomic mass is 10.0. The summed E-state index contributed by atoms with van der Waals surface area (Å²) < 4.78 is 79.4. The largest absolute Gasteiger partial charge is 0.490 e. The molecule has 1 aliphatic heterocycles. The Bertz CT molecular complexity index is 1460. The fourth-order valence-electron chi connectivity index (χ4n) is 4.44. The Morgan fingerprint density at radius 2 is 2.03 bits per heavy atom. The highest BCUT2D eigenvalue weighted by molar-refractivity contribution is 7.87. The lowest BCUT2D eigenvalue weighted by molar-refractivity contribution is 0.0980. The molecule has 0 spiro atoms. The Morgan fingerprint density at radius 1 is 1.27 bits per heavy atom. The molecule has 13 heteroatoms. The third-order valence-electron chi connectivity index (χ3n) is 6.63. The second-order valence-electron chi connectivity index (χ2n) is 9.22. The Morgan fingerprint density at radius 3 is 2.73 bits per heavy atom. The second-order valence-corrected chi connectivity index (χ2v) is 11.0. The Kier molecular flexibility index (Phi) is 6.52. The van der Waals surface area contributed by atoms with Crippen LogP contribution in [0.5, 0.6) is 5.75 Å². The molecule has 37 heavy (non-hydrogen) atoms. The first-order valence-corrected chi connectivity index (χ1v) is 13.3. The van der Waals surface area contributed by atoms with Crippen LogP contribution in [0.1, 0.15) is 48.1 Å². The summed E-state index contributed by atoms with van der Waals surface area (Å²) in [5.74, 6) is -2.04. The molecule has 3 heterocycles. The number of fused-ring (bicyclic) bond motifs is 1. The van der Waals surface area contributed by atoms with E-state index in [2.05, 4.69) is 5.10 Å². The molecule has 1 saturated heterocycles. The average molecular weight is 538 g/mol. The number of pyridine rings is 1. The maximum atomic E-state index is 16.0. The number of amides is 1. The van der Waals surface area contributed by atoms with Gasteiger partial charge >= 0.3 is 10.2 Å². The zero-order chi connectivity index (χ0) is 26.5. The SMILES string of the molecule is CCN(C)S(=O)(=O)NC(=O)c1cnn2ccc(N3CC(F)CC3c3cc(F)ccc3OC3CC3)c(F)c12. The van der Waals surface area contributed by atoms with Gasteiger partial charge in [-0.1, -0.05) is 6.92 Å². The molecule has 2 fully saturated rings. The van der Waals surface area contributed by atoms with Gasteiger partial charge in [0.2, 0.25) is 0 Å². The molecule has 1 amide bonds. The number of anilines is 1. The molecule has 3 aromatic rings. The molecule has 2 unspecified atom stereocenters. The Balaban J connectivity index is 1.54. The van der Waals surface area contributed by atoms with E-state index in [1.54, 1.807) is 6.92 Å². The molecule has 1 aliphatic carbocycles. The second kappa shape index (κ2) is 9.53. The quantitative estimate of drug-likeness (QED) is 0.474. The van der Waals surface area contributed by atoms with Crippen molar-refractivity contribution in [2.45, 2.75) is 44.5 Å². The molecule has 2 aliphatic rings. The van der Waals surface area contributed by atoms with Crippen molar-refractivity contribution in [1.82, 2.24) is 18.6 Å². The van der Waals surface area contributed by atoms with Crippen LogP contribution in [0, 0.1) is 11.6 Å². The van der Waals surface area contributed by atoms with Crippen LogP contribution in [0.3, 0.4) is 0 Å². The monoisotopic (exact) mass is 537 g/mol. The maximum Gasteiger partial charge on any atom is 0.303 e. The van der Waals surface area contributed by atoms with E-state index in [0.29, 0.717) is 11.3 Å². The topological polar surface area (TPSA) is 96.2 Å². The van der Waals surface area contributed by atoms with Crippen molar-refractivity contribution in [3.63, 3.8) is 0 Å². The summed E-state index contributed by atoms with van der Waals surface area (Å²) in [6, 6.07) is 4.71. The molecule has 0 bridgehead atoms. The molecule has 1 saturated carbocycles. The van der Waals surface area contributed by atoms with Gasteiger partial charge in [-0.25, -0.2) is 22.4 Å². The first kappa shape index (κ1) is 25.3. The van der Waals surface area contributed by atoms with Crippen molar-refractivity contribution in [1.29, 1.82) is 0 Å². The number of benzene rings is 1. The normalized spacial score (nSPS) is 20.1. The number of hydrogen-bond acceptors (Lipinski definition) is 6. The third-order valence-corrected chi connectivity index (χ3v) is 8.15. The van der Waals surface area contributed by atoms with E-state index in [9.17, 15) is 22.0 Å². The lowest BCUT2D eigenvalue weighted by Crippen LogP contribution is -2.41. The number of nitrogens with one attached hydrogen (secondary N) is 1. The summed E-state index contributed by atoms with van der Waals surface area (Å²) in [6.45, 7) is 1.54. The Hall–Kier alpha value is -3.32. The predicted octanol–water partition coefficient (Wildman–Crippen LogP) is 3.37. The van der Waals surface area contributed by atoms with Crippen LogP contribution in [0.2, 0.25) is 0 Å². The van der Waals surface area contributed by atoms with Crippen LogP contribution in [0.15, 0.2) is 36.7 Å². The summed E-state index contributed by atoms with van der Waals surface area (Å²) >= 11 is 0. The van der Waals surface area contributed by atoms with Gasteiger partial charge in [0.05, 0.1) is 29.6 Å². The standard InChI is InChI=1S/C24H26F3N5O4S/c1-3-30(2)37(34,35)29-24(33)18-12-28-32-9-8-19(22(27)23(18)32)31-13-15(26)11-20(31)17-10-14(25)4-7-21(17)36-16-5-6-16/h4,7-10,12,15-16,20H,3,5-6,11,13H2,1-2H3,(H,29,33). The summed E-state index contributed by atoms with van der Waals surface area (Å²) in [4.78, 5) is 14.3. The van der Waals surface area contributed by atoms with Gasteiger partial charge in [0.15, 0.2) is 5.82 Å². The maximum absolute atomic E-state index is 16.0. The fourth-order valence-corrected chi connectivity index (χ4v) is 5.28. The molecular formula is C24H26F3N5O4S. The van der Waals surface area contributed by atoms with Gasteiger partial charge in [-0.3, -0.25) is 4.79 Å². The number of ether oxygens (including phenoxy) is 1. The minimum atomic E-state index is -4.14. The number of carbonyl (C=O) groups excluding carboxylic acids is 1. The molecule has 1 N–H and O–H groups in total. The number of carbonyl (C=O) groups is 1. The van der Waals surface area contributed by atoms with Crippen molar-refractivity contribution in [3.8, 4) is 5.75 Å². The zero-order valence-electron chi connectivity index (χ0n) is 20.2. The number of alkyl halides is 1. The van der Waals surface area contributed by atoms with Crippen LogP contribution in [0.4, 0.5) is 18.9 Å². The van der Waals surface area contributed by atoms with E-state index < -0.39 is 40.0 Å². The molecule has 2 atom stereocenters. The van der Waals surface area contributed by atoms with Crippen molar-refractivity contribution >= 4 is 27.3 Å². The highest BCUT2D eigenvalue weighted by atomic mass is 32.2. The zero-order valence-corrected chi connectivity index (χ0v) is 21.0. The van der Waals surface area contributed by atoms with Crippen LogP contribution >= 0.6 is 0 Å². The van der Waals surface area contributed by atoms with Crippen LogP contribution in [-0.2, 0) is 10.2 Å². The number of nitrogens with zero attached hydrogens (tertiary/aromatic N) is 4. The first-order chi connectivity index (χ1) is 17.6. The van der Waals surface area contributed by atoms with Gasteiger partial charge in [0.25, 0.3) is 5.91 Å². The molecule has 0 radical (unpaired) electrons. The van der Waals surface area contributed by atoms with Gasteiger partial charge in [0.1, 0.15) is 23.3 Å². The number of aromatic nitrogens is 2. The molecule has 2 aromatic heterocycles. The van der Waals surface area contributed by atoms with Gasteiger partial charge in [-0.05, 0) is 37.1 Å². The van der Waals surface area contributed by atoms with E-state index in [1.807, 2.05) is 4.72 Å². The van der Waals surface area contributed by atoms with Gasteiger partial charge in [0, 0.05) is 38.3 Å². The minimum Gasteiger partial charge on any atom is -0.490 e. The number of hydrogen-bond donors (Lipinski definition) is 1. The Labute approximate surface area is 212 Å². The number of rotatable bonds is 8. The predicted molar refractivity (Wildman–Crippen MR) is 129 cm³/mol. The van der Waals surface area contributed by atoms with Gasteiger partial charge in [-0.15, -0.1) is 0 Å². The highest BCUT2D eigenvalue weighted by Crippen LogP contribution is 2.43. The molecular weight excluding hydrogens is 511 g/mol. The molecule has 1 aromatic carbocycles. The minimum absolute atomic E-state index is 0.0106. The van der Waals surface area contributed by atoms with Crippen molar-refractivity contribution in [2.24, 2.45) is 0 Å². The van der Waals surface area contributed by atoms with E-state index in [-0.39, 0.29) is 42.4 Å². The summed E-state index contributed by atoms with van der Waals surface area (Å²) in [5, 5.41) is 3.97. The number of halogens is 3. The van der Waals surface area contributed by atoms with E-state index >= 15 is 4.39 Å². The summed E-state index contributed by atoms with van der Waals surface area (Å²) in [7, 11) is -2.85. The van der Waals surface area contributed by atoms with Crippen molar-refractivity contribution in [2.75, 3.05) is 25.0 Å². The lowest BCUT2D eigenvalue weighted by Gasteiger charge is -2.28. The van der Waals surface area contributed by atoms with E-state index in [0.717, 1.165) is 27.9 Å². The smallest absolute Gasteiger partial charge is 0.303 e. The van der Waals surface area contributed by atoms with Crippen LogP contribution in [-0.4, -0.2) is 60.7 Å². The van der Waals surface area contributed by atoms with E-state index in [1.165, 1.54) is 42.4 Å². The van der Waals surface area contributed by atoms with Gasteiger partial charge in [-0.2, -0.15) is 17.8 Å². The van der Waals surface area contributed by atoms with Crippen LogP contribution < -0.4 is 14.4 Å². The first-order valence-electron chi connectivity index (χ1n) is 11.9. The molecule has 9 nitrogen and oxygen atoms in total. The molecule has 5 rings (SSSR count). The van der Waals surface area contributed by atoms with E-state index in [4.69, 9.17) is 4.74 Å². The average Bonchev–Trinajstić information content (AvgIpc) is 3.42.